The topological polar surface area (TPSA) is 89.4 Å². The van der Waals surface area contributed by atoms with E-state index in [1.165, 1.54) is 6.07 Å². The molecule has 6 heteroatoms. The molecule has 1 unspecified atom stereocenters. The van der Waals surface area contributed by atoms with E-state index in [2.05, 4.69) is 0 Å². The van der Waals surface area contributed by atoms with Gasteiger partial charge in [0.05, 0.1) is 4.92 Å². The Labute approximate surface area is 85.5 Å². The molecular weight excluding hydrogens is 203 g/mol. The second-order valence-electron chi connectivity index (χ2n) is 3.09. The lowest BCUT2D eigenvalue weighted by Gasteiger charge is -2.09. The second-order valence-corrected chi connectivity index (χ2v) is 3.09. The second kappa shape index (κ2) is 4.81. The standard InChI is InChI=1S/C9H11FN2O3/c10-7-5-6(8(11)3-4-13)1-2-9(7)12(14)15/h1-2,5,8,13H,3-4,11H2. The average Bonchev–Trinajstić information content (AvgIpc) is 2.17. The van der Waals surface area contributed by atoms with Gasteiger partial charge in [0.15, 0.2) is 0 Å². The Morgan fingerprint density at radius 1 is 1.60 bits per heavy atom. The Morgan fingerprint density at radius 3 is 2.73 bits per heavy atom. The summed E-state index contributed by atoms with van der Waals surface area (Å²) in [5.74, 6) is -0.911. The summed E-state index contributed by atoms with van der Waals surface area (Å²) in [4.78, 5) is 9.53. The maximum Gasteiger partial charge on any atom is 0.304 e. The van der Waals surface area contributed by atoms with Gasteiger partial charge in [-0.1, -0.05) is 6.07 Å². The highest BCUT2D eigenvalue weighted by atomic mass is 19.1. The summed E-state index contributed by atoms with van der Waals surface area (Å²) in [6, 6.07) is 2.98. The number of benzene rings is 1. The summed E-state index contributed by atoms with van der Waals surface area (Å²) in [6.45, 7) is -0.111. The number of hydrogen-bond acceptors (Lipinski definition) is 4. The largest absolute Gasteiger partial charge is 0.396 e. The molecule has 0 heterocycles. The first kappa shape index (κ1) is 11.5. The van der Waals surface area contributed by atoms with E-state index in [4.69, 9.17) is 10.8 Å². The number of nitrogens with zero attached hydrogens (tertiary/aromatic N) is 1. The van der Waals surface area contributed by atoms with Crippen LogP contribution >= 0.6 is 0 Å². The fraction of sp³-hybridized carbons (Fsp3) is 0.333. The van der Waals surface area contributed by atoms with Crippen molar-refractivity contribution in [2.75, 3.05) is 6.61 Å². The highest BCUT2D eigenvalue weighted by molar-refractivity contribution is 5.36. The van der Waals surface area contributed by atoms with Gasteiger partial charge in [0.1, 0.15) is 0 Å². The summed E-state index contributed by atoms with van der Waals surface area (Å²) in [5.41, 5.74) is 5.47. The predicted molar refractivity (Wildman–Crippen MR) is 51.7 cm³/mol. The van der Waals surface area contributed by atoms with E-state index in [0.717, 1.165) is 12.1 Å². The zero-order chi connectivity index (χ0) is 11.4. The molecule has 0 aliphatic rings. The Hall–Kier alpha value is -1.53. The van der Waals surface area contributed by atoms with Crippen molar-refractivity contribution in [1.82, 2.24) is 0 Å². The number of halogens is 1. The van der Waals surface area contributed by atoms with Crippen molar-refractivity contribution < 1.29 is 14.4 Å². The van der Waals surface area contributed by atoms with Crippen LogP contribution in [0.4, 0.5) is 10.1 Å². The van der Waals surface area contributed by atoms with Crippen LogP contribution in [0.2, 0.25) is 0 Å². The van der Waals surface area contributed by atoms with Crippen LogP contribution in [-0.4, -0.2) is 16.6 Å². The van der Waals surface area contributed by atoms with Crippen LogP contribution in [-0.2, 0) is 0 Å². The summed E-state index contributed by atoms with van der Waals surface area (Å²) in [7, 11) is 0. The normalized spacial score (nSPS) is 12.5. The van der Waals surface area contributed by atoms with Crippen molar-refractivity contribution in [3.05, 3.63) is 39.7 Å². The van der Waals surface area contributed by atoms with Gasteiger partial charge in [-0.25, -0.2) is 0 Å². The molecule has 0 saturated carbocycles. The fourth-order valence-electron chi connectivity index (χ4n) is 1.21. The Kier molecular flexibility index (Phi) is 3.70. The Bertz CT molecular complexity index is 370. The lowest BCUT2D eigenvalue weighted by molar-refractivity contribution is -0.387. The zero-order valence-corrected chi connectivity index (χ0v) is 7.89. The van der Waals surface area contributed by atoms with E-state index in [0.29, 0.717) is 5.56 Å². The lowest BCUT2D eigenvalue weighted by atomic mass is 10.0. The molecule has 1 rings (SSSR count). The first-order valence-corrected chi connectivity index (χ1v) is 4.36. The minimum Gasteiger partial charge on any atom is -0.396 e. The molecule has 1 aromatic carbocycles. The van der Waals surface area contributed by atoms with Crippen LogP contribution in [0.3, 0.4) is 0 Å². The molecule has 0 radical (unpaired) electrons. The molecule has 0 aromatic heterocycles. The van der Waals surface area contributed by atoms with Gasteiger partial charge in [-0.3, -0.25) is 10.1 Å². The summed E-state index contributed by atoms with van der Waals surface area (Å²) >= 11 is 0. The smallest absolute Gasteiger partial charge is 0.304 e. The highest BCUT2D eigenvalue weighted by Crippen LogP contribution is 2.22. The number of aliphatic hydroxyl groups is 1. The molecule has 1 atom stereocenters. The number of nitro groups is 1. The van der Waals surface area contributed by atoms with Gasteiger partial charge in [-0.15, -0.1) is 0 Å². The third-order valence-corrected chi connectivity index (χ3v) is 2.04. The van der Waals surface area contributed by atoms with E-state index in [-0.39, 0.29) is 13.0 Å². The van der Waals surface area contributed by atoms with Gasteiger partial charge in [0.2, 0.25) is 5.82 Å². The molecule has 0 saturated heterocycles. The van der Waals surface area contributed by atoms with Crippen molar-refractivity contribution in [3.8, 4) is 0 Å². The van der Waals surface area contributed by atoms with E-state index in [9.17, 15) is 14.5 Å². The number of rotatable bonds is 4. The first-order valence-electron chi connectivity index (χ1n) is 4.36. The molecule has 0 amide bonds. The van der Waals surface area contributed by atoms with Crippen molar-refractivity contribution in [2.45, 2.75) is 12.5 Å². The molecule has 0 spiro atoms. The number of nitrogens with two attached hydrogens (primary N) is 1. The lowest BCUT2D eigenvalue weighted by Crippen LogP contribution is -2.12. The van der Waals surface area contributed by atoms with Crippen LogP contribution in [0.5, 0.6) is 0 Å². The van der Waals surface area contributed by atoms with Crippen molar-refractivity contribution >= 4 is 5.69 Å². The molecule has 3 N–H and O–H groups in total. The maximum absolute atomic E-state index is 13.1. The highest BCUT2D eigenvalue weighted by Gasteiger charge is 2.15. The number of nitro benzene ring substituents is 1. The number of aliphatic hydroxyl groups excluding tert-OH is 1. The van der Waals surface area contributed by atoms with Gasteiger partial charge in [-0.2, -0.15) is 4.39 Å². The van der Waals surface area contributed by atoms with Crippen LogP contribution < -0.4 is 5.73 Å². The molecule has 1 aromatic rings. The molecule has 0 fully saturated rings. The van der Waals surface area contributed by atoms with Crippen molar-refractivity contribution in [3.63, 3.8) is 0 Å². The zero-order valence-electron chi connectivity index (χ0n) is 7.89. The van der Waals surface area contributed by atoms with Crippen LogP contribution in [0.25, 0.3) is 0 Å². The van der Waals surface area contributed by atoms with Gasteiger partial charge in [-0.05, 0) is 18.1 Å². The van der Waals surface area contributed by atoms with E-state index in [1.807, 2.05) is 0 Å². The minimum atomic E-state index is -0.911. The molecule has 82 valence electrons. The van der Waals surface area contributed by atoms with Crippen LogP contribution in [0.15, 0.2) is 18.2 Å². The average molecular weight is 214 g/mol. The molecular formula is C9H11FN2O3. The van der Waals surface area contributed by atoms with Crippen LogP contribution in [0, 0.1) is 15.9 Å². The van der Waals surface area contributed by atoms with Gasteiger partial charge in [0.25, 0.3) is 0 Å². The molecule has 0 aliphatic carbocycles. The van der Waals surface area contributed by atoms with Gasteiger partial charge in [0, 0.05) is 18.7 Å². The summed E-state index contributed by atoms with van der Waals surface area (Å²) < 4.78 is 13.1. The minimum absolute atomic E-state index is 0.111. The maximum atomic E-state index is 13.1. The fourth-order valence-corrected chi connectivity index (χ4v) is 1.21. The first-order chi connectivity index (χ1) is 7.06. The van der Waals surface area contributed by atoms with Gasteiger partial charge >= 0.3 is 5.69 Å². The van der Waals surface area contributed by atoms with Gasteiger partial charge < -0.3 is 10.8 Å². The molecule has 5 nitrogen and oxygen atoms in total. The third kappa shape index (κ3) is 2.71. The van der Waals surface area contributed by atoms with E-state index in [1.54, 1.807) is 0 Å². The number of hydrogen-bond donors (Lipinski definition) is 2. The summed E-state index contributed by atoms with van der Waals surface area (Å²) in [5, 5.41) is 19.0. The van der Waals surface area contributed by atoms with Crippen molar-refractivity contribution in [2.24, 2.45) is 5.73 Å². The van der Waals surface area contributed by atoms with Crippen LogP contribution in [0.1, 0.15) is 18.0 Å². The molecule has 0 aliphatic heterocycles. The van der Waals surface area contributed by atoms with E-state index >= 15 is 0 Å². The van der Waals surface area contributed by atoms with E-state index < -0.39 is 22.5 Å². The predicted octanol–water partition coefficient (Wildman–Crippen LogP) is 1.12. The Balaban J connectivity index is 2.96. The molecule has 0 bridgehead atoms. The Morgan fingerprint density at radius 2 is 2.27 bits per heavy atom. The monoisotopic (exact) mass is 214 g/mol. The molecule has 15 heavy (non-hydrogen) atoms. The SMILES string of the molecule is NC(CCO)c1ccc([N+](=O)[O-])c(F)c1. The third-order valence-electron chi connectivity index (χ3n) is 2.04. The summed E-state index contributed by atoms with van der Waals surface area (Å²) in [6.07, 6.45) is 0.289. The quantitative estimate of drug-likeness (QED) is 0.580. The van der Waals surface area contributed by atoms with Crippen molar-refractivity contribution in [1.29, 1.82) is 0 Å².